The number of nitrogens with zero attached hydrogens (tertiary/aromatic N) is 2. The van der Waals surface area contributed by atoms with E-state index < -0.39 is 11.4 Å². The second kappa shape index (κ2) is 11.0. The quantitative estimate of drug-likeness (QED) is 0.375. The van der Waals surface area contributed by atoms with Gasteiger partial charge in [0.25, 0.3) is 5.91 Å². The van der Waals surface area contributed by atoms with Crippen molar-refractivity contribution < 1.29 is 18.8 Å². The van der Waals surface area contributed by atoms with Gasteiger partial charge in [0, 0.05) is 14.1 Å². The molecule has 0 spiro atoms. The number of ether oxygens (including phenoxy) is 2. The van der Waals surface area contributed by atoms with Gasteiger partial charge in [-0.05, 0) is 77.6 Å². The van der Waals surface area contributed by atoms with Crippen LogP contribution in [0.3, 0.4) is 0 Å². The van der Waals surface area contributed by atoms with Crippen molar-refractivity contribution in [1.29, 1.82) is 0 Å². The Morgan fingerprint density at radius 3 is 2.24 bits per heavy atom. The molecule has 192 valence electrons. The van der Waals surface area contributed by atoms with E-state index in [0.717, 1.165) is 38.1 Å². The summed E-state index contributed by atoms with van der Waals surface area (Å²) < 4.78 is 17.4. The highest BCUT2D eigenvalue weighted by Gasteiger charge is 2.11. The normalized spacial score (nSPS) is 10.8. The SMILES string of the molecule is Cc1cc(OCC(=O)N(C)C)cc(C)c1-c1cccc(COc2ccc(Cn3oc(=O)[nH]c3=O)cc2)c1. The molecule has 0 atom stereocenters. The van der Waals surface area contributed by atoms with E-state index in [1.165, 1.54) is 4.90 Å². The molecule has 4 rings (SSSR count). The third-order valence-corrected chi connectivity index (χ3v) is 5.87. The van der Waals surface area contributed by atoms with Crippen LogP contribution in [0.25, 0.3) is 11.1 Å². The number of nitrogens with one attached hydrogen (secondary N) is 1. The summed E-state index contributed by atoms with van der Waals surface area (Å²) >= 11 is 0. The Balaban J connectivity index is 1.42. The Morgan fingerprint density at radius 2 is 1.62 bits per heavy atom. The van der Waals surface area contributed by atoms with Gasteiger partial charge in [-0.3, -0.25) is 4.79 Å². The fraction of sp³-hybridized carbons (Fsp3) is 0.250. The first-order chi connectivity index (χ1) is 17.7. The van der Waals surface area contributed by atoms with Crippen molar-refractivity contribution in [2.24, 2.45) is 0 Å². The number of rotatable bonds is 9. The number of amides is 1. The smallest absolute Gasteiger partial charge is 0.440 e. The van der Waals surface area contributed by atoms with E-state index >= 15 is 0 Å². The molecule has 37 heavy (non-hydrogen) atoms. The van der Waals surface area contributed by atoms with Crippen LogP contribution in [-0.2, 0) is 17.9 Å². The highest BCUT2D eigenvalue weighted by atomic mass is 16.5. The van der Waals surface area contributed by atoms with Crippen molar-refractivity contribution in [1.82, 2.24) is 14.6 Å². The van der Waals surface area contributed by atoms with Gasteiger partial charge >= 0.3 is 11.4 Å². The summed E-state index contributed by atoms with van der Waals surface area (Å²) in [5, 5.41) is 0. The Hall–Kier alpha value is -4.53. The summed E-state index contributed by atoms with van der Waals surface area (Å²) in [5.41, 5.74) is 5.51. The lowest BCUT2D eigenvalue weighted by atomic mass is 9.94. The summed E-state index contributed by atoms with van der Waals surface area (Å²) in [6, 6.07) is 19.3. The van der Waals surface area contributed by atoms with E-state index in [9.17, 15) is 14.4 Å². The maximum absolute atomic E-state index is 11.8. The highest BCUT2D eigenvalue weighted by molar-refractivity contribution is 5.77. The molecule has 0 saturated heterocycles. The number of carbonyl (C=O) groups excluding carboxylic acids is 1. The molecule has 3 aromatic carbocycles. The van der Waals surface area contributed by atoms with Crippen LogP contribution in [0.2, 0.25) is 0 Å². The van der Waals surface area contributed by atoms with E-state index in [0.29, 0.717) is 18.1 Å². The molecule has 9 nitrogen and oxygen atoms in total. The van der Waals surface area contributed by atoms with Crippen LogP contribution < -0.4 is 20.9 Å². The van der Waals surface area contributed by atoms with Gasteiger partial charge in [-0.15, -0.1) is 4.74 Å². The van der Waals surface area contributed by atoms with Crippen LogP contribution in [0.5, 0.6) is 11.5 Å². The van der Waals surface area contributed by atoms with E-state index in [4.69, 9.17) is 14.0 Å². The molecule has 0 radical (unpaired) electrons. The number of aromatic nitrogens is 2. The first-order valence-electron chi connectivity index (χ1n) is 11.8. The van der Waals surface area contributed by atoms with Crippen LogP contribution >= 0.6 is 0 Å². The zero-order chi connectivity index (χ0) is 26.5. The average molecular weight is 504 g/mol. The largest absolute Gasteiger partial charge is 0.489 e. The number of likely N-dealkylation sites (N-methyl/N-ethyl adjacent to an activating group) is 1. The summed E-state index contributed by atoms with van der Waals surface area (Å²) in [6.45, 7) is 4.58. The molecule has 0 aliphatic carbocycles. The van der Waals surface area contributed by atoms with Gasteiger partial charge < -0.3 is 18.9 Å². The van der Waals surface area contributed by atoms with Gasteiger partial charge in [0.1, 0.15) is 18.1 Å². The van der Waals surface area contributed by atoms with Crippen LogP contribution in [0.4, 0.5) is 0 Å². The van der Waals surface area contributed by atoms with Gasteiger partial charge in [-0.2, -0.15) is 0 Å². The molecule has 1 heterocycles. The van der Waals surface area contributed by atoms with E-state index in [1.807, 2.05) is 62.4 Å². The number of H-pyrrole nitrogens is 1. The monoisotopic (exact) mass is 503 g/mol. The average Bonchev–Trinajstić information content (AvgIpc) is 3.18. The number of aryl methyl sites for hydroxylation is 2. The maximum Gasteiger partial charge on any atom is 0.440 e. The van der Waals surface area contributed by atoms with Gasteiger partial charge in [-0.1, -0.05) is 30.3 Å². The minimum Gasteiger partial charge on any atom is -0.489 e. The van der Waals surface area contributed by atoms with Crippen molar-refractivity contribution in [2.45, 2.75) is 27.0 Å². The van der Waals surface area contributed by atoms with Gasteiger partial charge in [0.15, 0.2) is 6.61 Å². The van der Waals surface area contributed by atoms with E-state index in [1.54, 1.807) is 14.1 Å². The lowest BCUT2D eigenvalue weighted by Crippen LogP contribution is -2.27. The summed E-state index contributed by atoms with van der Waals surface area (Å²) in [7, 11) is 3.40. The van der Waals surface area contributed by atoms with Gasteiger partial charge in [0.05, 0.1) is 6.54 Å². The Bertz CT molecular complexity index is 1490. The molecule has 0 aliphatic rings. The lowest BCUT2D eigenvalue weighted by molar-refractivity contribution is -0.130. The molecule has 0 aliphatic heterocycles. The molecule has 1 aromatic heterocycles. The summed E-state index contributed by atoms with van der Waals surface area (Å²) in [6.07, 6.45) is 0. The zero-order valence-corrected chi connectivity index (χ0v) is 21.2. The Labute approximate surface area is 213 Å². The number of hydrogen-bond donors (Lipinski definition) is 1. The van der Waals surface area contributed by atoms with Crippen molar-refractivity contribution in [2.75, 3.05) is 20.7 Å². The van der Waals surface area contributed by atoms with Crippen LogP contribution in [-0.4, -0.2) is 41.2 Å². The highest BCUT2D eigenvalue weighted by Crippen LogP contribution is 2.32. The second-order valence-corrected chi connectivity index (χ2v) is 8.99. The molecule has 1 N–H and O–H groups in total. The van der Waals surface area contributed by atoms with Crippen molar-refractivity contribution >= 4 is 5.91 Å². The minimum absolute atomic E-state index is 0.0000698. The molecule has 1 amide bonds. The number of benzene rings is 3. The van der Waals surface area contributed by atoms with Crippen molar-refractivity contribution in [3.05, 3.63) is 104 Å². The van der Waals surface area contributed by atoms with Crippen molar-refractivity contribution in [3.63, 3.8) is 0 Å². The number of aromatic amines is 1. The fourth-order valence-corrected chi connectivity index (χ4v) is 3.99. The van der Waals surface area contributed by atoms with Crippen LogP contribution in [0.1, 0.15) is 22.3 Å². The van der Waals surface area contributed by atoms with Crippen LogP contribution in [0.15, 0.2) is 74.8 Å². The minimum atomic E-state index is -0.779. The first kappa shape index (κ1) is 25.6. The molecule has 4 aromatic rings. The predicted molar refractivity (Wildman–Crippen MR) is 139 cm³/mol. The molecular formula is C28H29N3O6. The first-order valence-corrected chi connectivity index (χ1v) is 11.8. The van der Waals surface area contributed by atoms with Gasteiger partial charge in [-0.25, -0.2) is 14.6 Å². The van der Waals surface area contributed by atoms with Crippen molar-refractivity contribution in [3.8, 4) is 22.6 Å². The number of hydrogen-bond acceptors (Lipinski definition) is 6. The number of carbonyl (C=O) groups is 1. The third-order valence-electron chi connectivity index (χ3n) is 5.87. The zero-order valence-electron chi connectivity index (χ0n) is 21.2. The third kappa shape index (κ3) is 6.38. The second-order valence-electron chi connectivity index (χ2n) is 8.99. The standard InChI is InChI=1S/C28H29N3O6/c1-18-12-24(36-17-25(32)30(3)4)13-19(2)26(18)22-7-5-6-21(14-22)16-35-23-10-8-20(9-11-23)15-31-27(33)29-28(34)37-31/h5-14H,15-17H2,1-4H3,(H,29,33,34). The molecule has 9 heteroatoms. The topological polar surface area (TPSA) is 107 Å². The summed E-state index contributed by atoms with van der Waals surface area (Å²) in [4.78, 5) is 38.1. The van der Waals surface area contributed by atoms with Crippen LogP contribution in [0, 0.1) is 13.8 Å². The Kier molecular flexibility index (Phi) is 7.62. The van der Waals surface area contributed by atoms with E-state index in [-0.39, 0.29) is 19.1 Å². The molecule has 0 unspecified atom stereocenters. The fourth-order valence-electron chi connectivity index (χ4n) is 3.99. The maximum atomic E-state index is 11.8. The predicted octanol–water partition coefficient (Wildman–Crippen LogP) is 3.51. The molecular weight excluding hydrogens is 474 g/mol. The lowest BCUT2D eigenvalue weighted by Gasteiger charge is -2.16. The summed E-state index contributed by atoms with van der Waals surface area (Å²) in [5.74, 6) is 0.475. The van der Waals surface area contributed by atoms with Gasteiger partial charge in [0.2, 0.25) is 0 Å². The van der Waals surface area contributed by atoms with E-state index in [2.05, 4.69) is 17.1 Å². The molecule has 0 fully saturated rings. The molecule has 0 bridgehead atoms. The Morgan fingerprint density at radius 1 is 0.919 bits per heavy atom. The molecule has 0 saturated carbocycles.